The third-order valence-corrected chi connectivity index (χ3v) is 3.03. The van der Waals surface area contributed by atoms with Crippen LogP contribution in [0, 0.1) is 6.92 Å². The number of furan rings is 1. The Balaban J connectivity index is 1.74. The molecule has 0 aliphatic carbocycles. The summed E-state index contributed by atoms with van der Waals surface area (Å²) in [6.07, 6.45) is 3.92. The molecule has 0 radical (unpaired) electrons. The first-order valence-electron chi connectivity index (χ1n) is 6.82. The lowest BCUT2D eigenvalue weighted by Crippen LogP contribution is -2.23. The monoisotopic (exact) mass is 285 g/mol. The minimum absolute atomic E-state index is 0.127. The summed E-state index contributed by atoms with van der Waals surface area (Å²) in [5.74, 6) is 2.21. The van der Waals surface area contributed by atoms with Crippen LogP contribution in [0.4, 0.5) is 0 Å². The fourth-order valence-electron chi connectivity index (χ4n) is 1.88. The summed E-state index contributed by atoms with van der Waals surface area (Å²) in [5.41, 5.74) is 1.15. The van der Waals surface area contributed by atoms with Gasteiger partial charge in [0.05, 0.1) is 7.11 Å². The maximum atomic E-state index is 11.7. The van der Waals surface area contributed by atoms with E-state index in [1.807, 2.05) is 43.3 Å². The Hall–Kier alpha value is -2.49. The molecule has 0 fully saturated rings. The quantitative estimate of drug-likeness (QED) is 0.830. The van der Waals surface area contributed by atoms with Crippen molar-refractivity contribution in [2.75, 3.05) is 13.7 Å². The second kappa shape index (κ2) is 7.33. The largest absolute Gasteiger partial charge is 0.497 e. The van der Waals surface area contributed by atoms with Gasteiger partial charge in [0, 0.05) is 12.6 Å². The highest BCUT2D eigenvalue weighted by atomic mass is 16.5. The average Bonchev–Trinajstić information content (AvgIpc) is 2.91. The van der Waals surface area contributed by atoms with E-state index in [0.29, 0.717) is 12.3 Å². The Morgan fingerprint density at radius 1 is 1.24 bits per heavy atom. The van der Waals surface area contributed by atoms with Crippen LogP contribution in [0.2, 0.25) is 0 Å². The maximum Gasteiger partial charge on any atom is 0.244 e. The lowest BCUT2D eigenvalue weighted by Gasteiger charge is -2.04. The van der Waals surface area contributed by atoms with Gasteiger partial charge >= 0.3 is 0 Å². The molecule has 0 spiro atoms. The minimum atomic E-state index is -0.127. The van der Waals surface area contributed by atoms with Crippen molar-refractivity contribution in [2.24, 2.45) is 0 Å². The van der Waals surface area contributed by atoms with Gasteiger partial charge in [-0.2, -0.15) is 0 Å². The SMILES string of the molecule is COc1ccc(CCNC(=O)/C=C\c2ccc(C)o2)cc1. The molecule has 0 atom stereocenters. The molecular formula is C17H19NO3. The molecule has 21 heavy (non-hydrogen) atoms. The Morgan fingerprint density at radius 2 is 2.00 bits per heavy atom. The molecule has 0 aliphatic rings. The van der Waals surface area contributed by atoms with Gasteiger partial charge in [-0.3, -0.25) is 4.79 Å². The van der Waals surface area contributed by atoms with Gasteiger partial charge in [0.25, 0.3) is 0 Å². The van der Waals surface area contributed by atoms with Crippen molar-refractivity contribution in [3.63, 3.8) is 0 Å². The molecule has 0 saturated carbocycles. The van der Waals surface area contributed by atoms with Crippen molar-refractivity contribution in [1.29, 1.82) is 0 Å². The van der Waals surface area contributed by atoms with Gasteiger partial charge in [0.2, 0.25) is 5.91 Å². The highest BCUT2D eigenvalue weighted by Gasteiger charge is 1.99. The molecule has 0 aliphatic heterocycles. The number of carbonyl (C=O) groups is 1. The lowest BCUT2D eigenvalue weighted by atomic mass is 10.1. The molecule has 0 unspecified atom stereocenters. The van der Waals surface area contributed by atoms with E-state index in [0.717, 1.165) is 23.5 Å². The molecule has 2 aromatic rings. The van der Waals surface area contributed by atoms with Crippen molar-refractivity contribution in [1.82, 2.24) is 5.32 Å². The van der Waals surface area contributed by atoms with Crippen LogP contribution in [0.3, 0.4) is 0 Å². The predicted molar refractivity (Wildman–Crippen MR) is 82.2 cm³/mol. The van der Waals surface area contributed by atoms with Gasteiger partial charge in [-0.05, 0) is 49.2 Å². The molecule has 0 bridgehead atoms. The van der Waals surface area contributed by atoms with Crippen LogP contribution >= 0.6 is 0 Å². The van der Waals surface area contributed by atoms with Crippen molar-refractivity contribution >= 4 is 12.0 Å². The van der Waals surface area contributed by atoms with E-state index in [2.05, 4.69) is 5.32 Å². The first-order valence-corrected chi connectivity index (χ1v) is 6.82. The van der Waals surface area contributed by atoms with Gasteiger partial charge < -0.3 is 14.5 Å². The number of nitrogens with one attached hydrogen (secondary N) is 1. The van der Waals surface area contributed by atoms with Crippen LogP contribution in [0.15, 0.2) is 46.9 Å². The summed E-state index contributed by atoms with van der Waals surface area (Å²) in [6.45, 7) is 2.46. The van der Waals surface area contributed by atoms with Crippen LogP contribution in [0.5, 0.6) is 5.75 Å². The molecule has 0 saturated heterocycles. The fraction of sp³-hybridized carbons (Fsp3) is 0.235. The standard InChI is InChI=1S/C17H19NO3/c1-13-3-6-16(21-13)9-10-17(19)18-12-11-14-4-7-15(20-2)8-5-14/h3-10H,11-12H2,1-2H3,(H,18,19)/b10-9-. The van der Waals surface area contributed by atoms with Crippen LogP contribution in [-0.4, -0.2) is 19.6 Å². The molecule has 1 amide bonds. The summed E-state index contributed by atoms with van der Waals surface area (Å²) in [6, 6.07) is 11.5. The Bertz CT molecular complexity index is 611. The lowest BCUT2D eigenvalue weighted by molar-refractivity contribution is -0.116. The van der Waals surface area contributed by atoms with Crippen LogP contribution in [-0.2, 0) is 11.2 Å². The van der Waals surface area contributed by atoms with E-state index in [1.165, 1.54) is 6.08 Å². The summed E-state index contributed by atoms with van der Waals surface area (Å²) in [4.78, 5) is 11.7. The van der Waals surface area contributed by atoms with E-state index >= 15 is 0 Å². The van der Waals surface area contributed by atoms with Gasteiger partial charge in [-0.1, -0.05) is 12.1 Å². The van der Waals surface area contributed by atoms with Crippen LogP contribution in [0.1, 0.15) is 17.1 Å². The highest BCUT2D eigenvalue weighted by Crippen LogP contribution is 2.11. The molecule has 4 heteroatoms. The van der Waals surface area contributed by atoms with E-state index in [4.69, 9.17) is 9.15 Å². The number of hydrogen-bond acceptors (Lipinski definition) is 3. The minimum Gasteiger partial charge on any atom is -0.497 e. The molecular weight excluding hydrogens is 266 g/mol. The molecule has 1 aromatic carbocycles. The van der Waals surface area contributed by atoms with E-state index in [-0.39, 0.29) is 5.91 Å². The third kappa shape index (κ3) is 4.84. The number of hydrogen-bond donors (Lipinski definition) is 1. The number of rotatable bonds is 6. The second-order valence-corrected chi connectivity index (χ2v) is 4.67. The summed E-state index contributed by atoms with van der Waals surface area (Å²) < 4.78 is 10.5. The fourth-order valence-corrected chi connectivity index (χ4v) is 1.88. The number of ether oxygens (including phenoxy) is 1. The van der Waals surface area contributed by atoms with Crippen LogP contribution < -0.4 is 10.1 Å². The molecule has 1 heterocycles. The first kappa shape index (κ1) is 14.9. The van der Waals surface area contributed by atoms with Crippen molar-refractivity contribution < 1.29 is 13.9 Å². The molecule has 1 N–H and O–H groups in total. The number of amides is 1. The van der Waals surface area contributed by atoms with Gasteiger partial charge in [0.15, 0.2) is 0 Å². The van der Waals surface area contributed by atoms with Crippen molar-refractivity contribution in [3.8, 4) is 5.75 Å². The highest BCUT2D eigenvalue weighted by molar-refractivity contribution is 5.91. The van der Waals surface area contributed by atoms with E-state index in [9.17, 15) is 4.79 Å². The Kier molecular flexibility index (Phi) is 5.21. The number of methoxy groups -OCH3 is 1. The summed E-state index contributed by atoms with van der Waals surface area (Å²) in [7, 11) is 1.64. The number of benzene rings is 1. The Labute approximate surface area is 124 Å². The van der Waals surface area contributed by atoms with E-state index in [1.54, 1.807) is 13.2 Å². The van der Waals surface area contributed by atoms with Gasteiger partial charge in [-0.25, -0.2) is 0 Å². The van der Waals surface area contributed by atoms with Crippen LogP contribution in [0.25, 0.3) is 6.08 Å². The molecule has 1 aromatic heterocycles. The van der Waals surface area contributed by atoms with Gasteiger partial charge in [0.1, 0.15) is 17.3 Å². The smallest absolute Gasteiger partial charge is 0.244 e. The zero-order valence-electron chi connectivity index (χ0n) is 12.3. The van der Waals surface area contributed by atoms with Crippen molar-refractivity contribution in [3.05, 3.63) is 59.6 Å². The Morgan fingerprint density at radius 3 is 2.62 bits per heavy atom. The molecule has 2 rings (SSSR count). The zero-order chi connectivity index (χ0) is 15.1. The second-order valence-electron chi connectivity index (χ2n) is 4.67. The van der Waals surface area contributed by atoms with Gasteiger partial charge in [-0.15, -0.1) is 0 Å². The third-order valence-electron chi connectivity index (χ3n) is 3.03. The topological polar surface area (TPSA) is 51.5 Å². The van der Waals surface area contributed by atoms with Crippen molar-refractivity contribution in [2.45, 2.75) is 13.3 Å². The predicted octanol–water partition coefficient (Wildman–Crippen LogP) is 2.97. The summed E-state index contributed by atoms with van der Waals surface area (Å²) >= 11 is 0. The molecule has 4 nitrogen and oxygen atoms in total. The normalized spacial score (nSPS) is 10.8. The maximum absolute atomic E-state index is 11.7. The number of aryl methyl sites for hydroxylation is 1. The summed E-state index contributed by atoms with van der Waals surface area (Å²) in [5, 5.41) is 2.84. The molecule has 110 valence electrons. The van der Waals surface area contributed by atoms with E-state index < -0.39 is 0 Å². The average molecular weight is 285 g/mol. The zero-order valence-corrected chi connectivity index (χ0v) is 12.3. The number of carbonyl (C=O) groups excluding carboxylic acids is 1. The first-order chi connectivity index (χ1) is 10.2.